The van der Waals surface area contributed by atoms with Gasteiger partial charge in [-0.1, -0.05) is 18.2 Å². The number of hydrogen-bond acceptors (Lipinski definition) is 5. The predicted octanol–water partition coefficient (Wildman–Crippen LogP) is 0.393. The Hall–Kier alpha value is -1.60. The maximum absolute atomic E-state index is 11.5. The standard InChI is InChI=1S/C11H13NO5S/c13-9-6-18(15,16)7-10(9)17-11(14)12-8-4-2-1-3-5-8/h1-5,9-10,13H,6-7H2,(H,12,14). The van der Waals surface area contributed by atoms with E-state index in [4.69, 9.17) is 4.74 Å². The van der Waals surface area contributed by atoms with E-state index in [1.165, 1.54) is 0 Å². The number of carbonyl (C=O) groups excluding carboxylic acids is 1. The molecule has 1 aliphatic heterocycles. The van der Waals surface area contributed by atoms with Crippen LogP contribution in [-0.4, -0.2) is 43.3 Å². The zero-order chi connectivity index (χ0) is 13.2. The molecule has 0 bridgehead atoms. The second kappa shape index (κ2) is 4.95. The lowest BCUT2D eigenvalue weighted by atomic mass is 10.3. The molecule has 98 valence electrons. The van der Waals surface area contributed by atoms with Crippen molar-refractivity contribution in [3.8, 4) is 0 Å². The molecule has 2 atom stereocenters. The van der Waals surface area contributed by atoms with E-state index in [0.29, 0.717) is 5.69 Å². The molecular weight excluding hydrogens is 258 g/mol. The minimum atomic E-state index is -3.32. The number of carbonyl (C=O) groups is 1. The number of nitrogens with one attached hydrogen (secondary N) is 1. The van der Waals surface area contributed by atoms with Crippen molar-refractivity contribution in [2.75, 3.05) is 16.8 Å². The van der Waals surface area contributed by atoms with Crippen LogP contribution in [0.15, 0.2) is 30.3 Å². The number of amides is 1. The van der Waals surface area contributed by atoms with Gasteiger partial charge >= 0.3 is 6.09 Å². The number of para-hydroxylation sites is 1. The first-order valence-corrected chi connectivity index (χ1v) is 7.19. The fourth-order valence-corrected chi connectivity index (χ4v) is 3.38. The Balaban J connectivity index is 1.93. The van der Waals surface area contributed by atoms with Crippen molar-refractivity contribution >= 4 is 21.6 Å². The van der Waals surface area contributed by atoms with Gasteiger partial charge in [0.25, 0.3) is 0 Å². The Morgan fingerprint density at radius 1 is 1.28 bits per heavy atom. The highest BCUT2D eigenvalue weighted by Gasteiger charge is 2.39. The van der Waals surface area contributed by atoms with Crippen molar-refractivity contribution in [1.29, 1.82) is 0 Å². The van der Waals surface area contributed by atoms with Gasteiger partial charge in [-0.15, -0.1) is 0 Å². The third kappa shape index (κ3) is 3.21. The molecular formula is C11H13NO5S. The smallest absolute Gasteiger partial charge is 0.412 e. The second-order valence-electron chi connectivity index (χ2n) is 4.08. The Kier molecular flexibility index (Phi) is 3.53. The average molecular weight is 271 g/mol. The van der Waals surface area contributed by atoms with Gasteiger partial charge in [-0.3, -0.25) is 5.32 Å². The third-order valence-corrected chi connectivity index (χ3v) is 4.24. The van der Waals surface area contributed by atoms with Crippen LogP contribution in [0.25, 0.3) is 0 Å². The normalized spacial score (nSPS) is 25.6. The van der Waals surface area contributed by atoms with Crippen LogP contribution in [-0.2, 0) is 14.6 Å². The highest BCUT2D eigenvalue weighted by atomic mass is 32.2. The molecule has 18 heavy (non-hydrogen) atoms. The third-order valence-electron chi connectivity index (χ3n) is 2.55. The van der Waals surface area contributed by atoms with Crippen molar-refractivity contribution in [2.45, 2.75) is 12.2 Å². The molecule has 1 amide bonds. The molecule has 1 aliphatic rings. The van der Waals surface area contributed by atoms with Gasteiger partial charge < -0.3 is 9.84 Å². The Morgan fingerprint density at radius 3 is 2.50 bits per heavy atom. The molecule has 2 unspecified atom stereocenters. The van der Waals surface area contributed by atoms with Gasteiger partial charge in [0.15, 0.2) is 9.84 Å². The lowest BCUT2D eigenvalue weighted by molar-refractivity contribution is 0.0398. The van der Waals surface area contributed by atoms with E-state index in [1.807, 2.05) is 0 Å². The molecule has 7 heteroatoms. The van der Waals surface area contributed by atoms with Crippen LogP contribution in [0.1, 0.15) is 0 Å². The van der Waals surface area contributed by atoms with Crippen molar-refractivity contribution in [3.63, 3.8) is 0 Å². The summed E-state index contributed by atoms with van der Waals surface area (Å²) in [6.07, 6.45) is -2.93. The average Bonchev–Trinajstić information content (AvgIpc) is 2.53. The lowest BCUT2D eigenvalue weighted by Crippen LogP contribution is -2.31. The van der Waals surface area contributed by atoms with Crippen LogP contribution < -0.4 is 5.32 Å². The molecule has 0 radical (unpaired) electrons. The number of hydrogen-bond donors (Lipinski definition) is 2. The van der Waals surface area contributed by atoms with E-state index in [2.05, 4.69) is 5.32 Å². The van der Waals surface area contributed by atoms with Gasteiger partial charge in [0.2, 0.25) is 0 Å². The van der Waals surface area contributed by atoms with Crippen LogP contribution in [0.4, 0.5) is 10.5 Å². The maximum Gasteiger partial charge on any atom is 0.412 e. The highest BCUT2D eigenvalue weighted by Crippen LogP contribution is 2.16. The number of aliphatic hydroxyl groups is 1. The fraction of sp³-hybridized carbons (Fsp3) is 0.364. The molecule has 1 aromatic rings. The maximum atomic E-state index is 11.5. The number of ether oxygens (including phenoxy) is 1. The molecule has 0 aromatic heterocycles. The lowest BCUT2D eigenvalue weighted by Gasteiger charge is -2.14. The summed E-state index contributed by atoms with van der Waals surface area (Å²) in [7, 11) is -3.32. The van der Waals surface area contributed by atoms with Gasteiger partial charge in [0.05, 0.1) is 11.5 Å². The minimum Gasteiger partial charge on any atom is -0.442 e. The quantitative estimate of drug-likeness (QED) is 0.812. The fourth-order valence-electron chi connectivity index (χ4n) is 1.72. The van der Waals surface area contributed by atoms with E-state index >= 15 is 0 Å². The van der Waals surface area contributed by atoms with Gasteiger partial charge in [-0.2, -0.15) is 0 Å². The van der Waals surface area contributed by atoms with Crippen LogP contribution in [0.3, 0.4) is 0 Å². The summed E-state index contributed by atoms with van der Waals surface area (Å²) < 4.78 is 27.3. The summed E-state index contributed by atoms with van der Waals surface area (Å²) in [4.78, 5) is 11.5. The number of aliphatic hydroxyl groups excluding tert-OH is 1. The van der Waals surface area contributed by atoms with E-state index in [1.54, 1.807) is 30.3 Å². The van der Waals surface area contributed by atoms with Crippen LogP contribution in [0.2, 0.25) is 0 Å². The molecule has 2 rings (SSSR count). The Bertz CT molecular complexity index is 528. The predicted molar refractivity (Wildman–Crippen MR) is 65.0 cm³/mol. The van der Waals surface area contributed by atoms with Crippen molar-refractivity contribution in [1.82, 2.24) is 0 Å². The summed E-state index contributed by atoms with van der Waals surface area (Å²) in [6.45, 7) is 0. The summed E-state index contributed by atoms with van der Waals surface area (Å²) >= 11 is 0. The molecule has 1 fully saturated rings. The minimum absolute atomic E-state index is 0.337. The summed E-state index contributed by atoms with van der Waals surface area (Å²) in [6, 6.07) is 8.62. The number of anilines is 1. The largest absolute Gasteiger partial charge is 0.442 e. The summed E-state index contributed by atoms with van der Waals surface area (Å²) in [5.41, 5.74) is 0.540. The number of rotatable bonds is 2. The van der Waals surface area contributed by atoms with Crippen LogP contribution in [0, 0.1) is 0 Å². The zero-order valence-electron chi connectivity index (χ0n) is 9.44. The van der Waals surface area contributed by atoms with E-state index in [-0.39, 0.29) is 11.5 Å². The van der Waals surface area contributed by atoms with Crippen LogP contribution in [0.5, 0.6) is 0 Å². The number of benzene rings is 1. The first-order chi connectivity index (χ1) is 8.46. The molecule has 1 saturated heterocycles. The molecule has 1 aromatic carbocycles. The van der Waals surface area contributed by atoms with Crippen molar-refractivity contribution in [2.24, 2.45) is 0 Å². The van der Waals surface area contributed by atoms with E-state index < -0.39 is 28.1 Å². The highest BCUT2D eigenvalue weighted by molar-refractivity contribution is 7.91. The number of sulfone groups is 1. The summed E-state index contributed by atoms with van der Waals surface area (Å²) in [5.74, 6) is -0.702. The van der Waals surface area contributed by atoms with Crippen LogP contribution >= 0.6 is 0 Å². The second-order valence-corrected chi connectivity index (χ2v) is 6.23. The van der Waals surface area contributed by atoms with Gasteiger partial charge in [-0.25, -0.2) is 13.2 Å². The van der Waals surface area contributed by atoms with E-state index in [9.17, 15) is 18.3 Å². The van der Waals surface area contributed by atoms with E-state index in [0.717, 1.165) is 0 Å². The van der Waals surface area contributed by atoms with Crippen molar-refractivity contribution < 1.29 is 23.1 Å². The molecule has 1 heterocycles. The van der Waals surface area contributed by atoms with Gasteiger partial charge in [0.1, 0.15) is 12.2 Å². The summed E-state index contributed by atoms with van der Waals surface area (Å²) in [5, 5.41) is 11.9. The molecule has 6 nitrogen and oxygen atoms in total. The molecule has 2 N–H and O–H groups in total. The Morgan fingerprint density at radius 2 is 1.94 bits per heavy atom. The first-order valence-electron chi connectivity index (χ1n) is 5.37. The van der Waals surface area contributed by atoms with Crippen molar-refractivity contribution in [3.05, 3.63) is 30.3 Å². The topological polar surface area (TPSA) is 92.7 Å². The monoisotopic (exact) mass is 271 g/mol. The molecule has 0 spiro atoms. The van der Waals surface area contributed by atoms with Gasteiger partial charge in [0, 0.05) is 5.69 Å². The first kappa shape index (κ1) is 12.8. The SMILES string of the molecule is O=C(Nc1ccccc1)OC1CS(=O)(=O)CC1O. The molecule has 0 saturated carbocycles. The zero-order valence-corrected chi connectivity index (χ0v) is 10.3. The molecule has 0 aliphatic carbocycles. The van der Waals surface area contributed by atoms with Gasteiger partial charge in [-0.05, 0) is 12.1 Å². The Labute approximate surface area is 104 Å².